The number of benzene rings is 1. The van der Waals surface area contributed by atoms with Crippen molar-refractivity contribution in [2.75, 3.05) is 31.7 Å². The standard InChI is InChI=1S/C14H19ClN2O3/c1-20-10-11-4-6-16(7-5-11)14-3-2-13(17(18)19)8-12(14)9-15/h2-3,8,11H,4-7,9-10H2,1H3. The number of non-ortho nitro benzene ring substituents is 1. The minimum absolute atomic E-state index is 0.0960. The molecule has 0 atom stereocenters. The third-order valence-corrected chi connectivity index (χ3v) is 4.06. The summed E-state index contributed by atoms with van der Waals surface area (Å²) in [7, 11) is 1.73. The summed E-state index contributed by atoms with van der Waals surface area (Å²) in [6.07, 6.45) is 2.15. The highest BCUT2D eigenvalue weighted by Gasteiger charge is 2.21. The number of rotatable bonds is 5. The van der Waals surface area contributed by atoms with E-state index in [-0.39, 0.29) is 16.5 Å². The Bertz CT molecular complexity index is 473. The summed E-state index contributed by atoms with van der Waals surface area (Å²) in [5, 5.41) is 10.8. The minimum Gasteiger partial charge on any atom is -0.384 e. The van der Waals surface area contributed by atoms with Gasteiger partial charge in [-0.3, -0.25) is 10.1 Å². The number of hydrogen-bond donors (Lipinski definition) is 0. The van der Waals surface area contributed by atoms with Gasteiger partial charge in [-0.25, -0.2) is 0 Å². The van der Waals surface area contributed by atoms with E-state index in [9.17, 15) is 10.1 Å². The van der Waals surface area contributed by atoms with Gasteiger partial charge in [0.15, 0.2) is 0 Å². The molecule has 1 aromatic carbocycles. The lowest BCUT2D eigenvalue weighted by atomic mass is 9.97. The fraction of sp³-hybridized carbons (Fsp3) is 0.571. The third kappa shape index (κ3) is 3.41. The Labute approximate surface area is 123 Å². The van der Waals surface area contributed by atoms with Gasteiger partial charge in [0.2, 0.25) is 0 Å². The maximum absolute atomic E-state index is 10.8. The second-order valence-electron chi connectivity index (χ2n) is 5.09. The minimum atomic E-state index is -0.384. The van der Waals surface area contributed by atoms with E-state index in [0.29, 0.717) is 5.92 Å². The Kier molecular flexibility index (Phi) is 5.20. The van der Waals surface area contributed by atoms with Crippen molar-refractivity contribution in [3.8, 4) is 0 Å². The number of piperidine rings is 1. The van der Waals surface area contributed by atoms with E-state index in [0.717, 1.165) is 43.8 Å². The van der Waals surface area contributed by atoms with Crippen LogP contribution in [-0.2, 0) is 10.6 Å². The molecule has 6 heteroatoms. The number of anilines is 1. The molecule has 2 rings (SSSR count). The molecule has 1 saturated heterocycles. The average molecular weight is 299 g/mol. The molecule has 110 valence electrons. The fourth-order valence-corrected chi connectivity index (χ4v) is 2.89. The molecular weight excluding hydrogens is 280 g/mol. The molecule has 0 unspecified atom stereocenters. The lowest BCUT2D eigenvalue weighted by Crippen LogP contribution is -2.35. The number of alkyl halides is 1. The van der Waals surface area contributed by atoms with Crippen LogP contribution in [0.5, 0.6) is 0 Å². The number of nitro groups is 1. The van der Waals surface area contributed by atoms with E-state index in [4.69, 9.17) is 16.3 Å². The van der Waals surface area contributed by atoms with Crippen LogP contribution < -0.4 is 4.90 Å². The van der Waals surface area contributed by atoms with Gasteiger partial charge in [0.1, 0.15) is 0 Å². The van der Waals surface area contributed by atoms with Gasteiger partial charge in [0.05, 0.1) is 4.92 Å². The summed E-state index contributed by atoms with van der Waals surface area (Å²) in [4.78, 5) is 12.7. The van der Waals surface area contributed by atoms with Crippen LogP contribution in [0.25, 0.3) is 0 Å². The van der Waals surface area contributed by atoms with E-state index in [1.54, 1.807) is 19.2 Å². The van der Waals surface area contributed by atoms with E-state index in [1.807, 2.05) is 6.07 Å². The van der Waals surface area contributed by atoms with Crippen molar-refractivity contribution >= 4 is 23.0 Å². The van der Waals surface area contributed by atoms with Crippen molar-refractivity contribution in [3.05, 3.63) is 33.9 Å². The zero-order chi connectivity index (χ0) is 14.5. The predicted molar refractivity (Wildman–Crippen MR) is 79.5 cm³/mol. The van der Waals surface area contributed by atoms with Crippen LogP contribution in [0, 0.1) is 16.0 Å². The third-order valence-electron chi connectivity index (χ3n) is 3.78. The second kappa shape index (κ2) is 6.90. The zero-order valence-electron chi connectivity index (χ0n) is 11.5. The van der Waals surface area contributed by atoms with Gasteiger partial charge < -0.3 is 9.64 Å². The van der Waals surface area contributed by atoms with E-state index < -0.39 is 0 Å². The van der Waals surface area contributed by atoms with Crippen molar-refractivity contribution < 1.29 is 9.66 Å². The molecule has 20 heavy (non-hydrogen) atoms. The first-order chi connectivity index (χ1) is 9.65. The highest BCUT2D eigenvalue weighted by Crippen LogP contribution is 2.30. The van der Waals surface area contributed by atoms with Crippen LogP contribution >= 0.6 is 11.6 Å². The number of halogens is 1. The summed E-state index contributed by atoms with van der Waals surface area (Å²) in [6, 6.07) is 4.93. The zero-order valence-corrected chi connectivity index (χ0v) is 12.3. The first kappa shape index (κ1) is 15.1. The molecule has 0 aliphatic carbocycles. The van der Waals surface area contributed by atoms with Crippen LogP contribution in [0.3, 0.4) is 0 Å². The quantitative estimate of drug-likeness (QED) is 0.476. The average Bonchev–Trinajstić information content (AvgIpc) is 2.47. The highest BCUT2D eigenvalue weighted by atomic mass is 35.5. The molecule has 1 heterocycles. The van der Waals surface area contributed by atoms with Gasteiger partial charge in [0, 0.05) is 50.5 Å². The van der Waals surface area contributed by atoms with Crippen LogP contribution in [0.15, 0.2) is 18.2 Å². The number of nitro benzene ring substituents is 1. The largest absolute Gasteiger partial charge is 0.384 e. The molecule has 5 nitrogen and oxygen atoms in total. The Morgan fingerprint density at radius 2 is 2.15 bits per heavy atom. The van der Waals surface area contributed by atoms with Crippen molar-refractivity contribution in [1.82, 2.24) is 0 Å². The molecule has 0 saturated carbocycles. The van der Waals surface area contributed by atoms with Crippen molar-refractivity contribution in [2.24, 2.45) is 5.92 Å². The van der Waals surface area contributed by atoms with E-state index in [1.165, 1.54) is 0 Å². The highest BCUT2D eigenvalue weighted by molar-refractivity contribution is 6.17. The van der Waals surface area contributed by atoms with E-state index >= 15 is 0 Å². The Morgan fingerprint density at radius 3 is 2.70 bits per heavy atom. The topological polar surface area (TPSA) is 55.6 Å². The summed E-state index contributed by atoms with van der Waals surface area (Å²) < 4.78 is 5.19. The molecular formula is C14H19ClN2O3. The lowest BCUT2D eigenvalue weighted by Gasteiger charge is -2.34. The van der Waals surface area contributed by atoms with Crippen LogP contribution in [0.1, 0.15) is 18.4 Å². The summed E-state index contributed by atoms with van der Waals surface area (Å²) in [5.41, 5.74) is 1.94. The molecule has 0 aromatic heterocycles. The van der Waals surface area contributed by atoms with Crippen LogP contribution in [0.4, 0.5) is 11.4 Å². The van der Waals surface area contributed by atoms with Gasteiger partial charge in [-0.05, 0) is 30.4 Å². The number of nitrogens with zero attached hydrogens (tertiary/aromatic N) is 2. The van der Waals surface area contributed by atoms with Gasteiger partial charge in [0.25, 0.3) is 5.69 Å². The Morgan fingerprint density at radius 1 is 1.45 bits per heavy atom. The monoisotopic (exact) mass is 298 g/mol. The molecule has 0 amide bonds. The molecule has 0 N–H and O–H groups in total. The maximum Gasteiger partial charge on any atom is 0.269 e. The van der Waals surface area contributed by atoms with Gasteiger partial charge in [-0.1, -0.05) is 0 Å². The van der Waals surface area contributed by atoms with Gasteiger partial charge in [-0.15, -0.1) is 11.6 Å². The molecule has 1 aliphatic rings. The summed E-state index contributed by atoms with van der Waals surface area (Å²) in [6.45, 7) is 2.68. The van der Waals surface area contributed by atoms with Crippen LogP contribution in [0.2, 0.25) is 0 Å². The maximum atomic E-state index is 10.8. The molecule has 1 fully saturated rings. The first-order valence-corrected chi connectivity index (χ1v) is 7.26. The lowest BCUT2D eigenvalue weighted by molar-refractivity contribution is -0.384. The SMILES string of the molecule is COCC1CCN(c2ccc([N+](=O)[O-])cc2CCl)CC1. The van der Waals surface area contributed by atoms with Crippen LogP contribution in [-0.4, -0.2) is 31.7 Å². The predicted octanol–water partition coefficient (Wildman–Crippen LogP) is 3.20. The van der Waals surface area contributed by atoms with Gasteiger partial charge in [-0.2, -0.15) is 0 Å². The number of methoxy groups -OCH3 is 1. The molecule has 0 spiro atoms. The normalized spacial score (nSPS) is 16.4. The van der Waals surface area contributed by atoms with Crippen molar-refractivity contribution in [1.29, 1.82) is 0 Å². The Balaban J connectivity index is 2.11. The number of hydrogen-bond acceptors (Lipinski definition) is 4. The smallest absolute Gasteiger partial charge is 0.269 e. The van der Waals surface area contributed by atoms with Crippen molar-refractivity contribution in [3.63, 3.8) is 0 Å². The molecule has 0 bridgehead atoms. The number of ether oxygens (including phenoxy) is 1. The molecule has 0 radical (unpaired) electrons. The molecule has 1 aliphatic heterocycles. The molecule has 1 aromatic rings. The van der Waals surface area contributed by atoms with Crippen molar-refractivity contribution in [2.45, 2.75) is 18.7 Å². The summed E-state index contributed by atoms with van der Waals surface area (Å²) >= 11 is 5.94. The Hall–Kier alpha value is -1.33. The van der Waals surface area contributed by atoms with E-state index in [2.05, 4.69) is 4.90 Å². The van der Waals surface area contributed by atoms with Gasteiger partial charge >= 0.3 is 0 Å². The fourth-order valence-electron chi connectivity index (χ4n) is 2.68. The first-order valence-electron chi connectivity index (χ1n) is 6.73. The summed E-state index contributed by atoms with van der Waals surface area (Å²) in [5.74, 6) is 0.892. The second-order valence-corrected chi connectivity index (χ2v) is 5.36.